The van der Waals surface area contributed by atoms with Gasteiger partial charge in [0.15, 0.2) is 13.5 Å². The van der Waals surface area contributed by atoms with E-state index in [0.29, 0.717) is 38.1 Å². The van der Waals surface area contributed by atoms with Crippen molar-refractivity contribution in [3.8, 4) is 36.2 Å². The molecule has 39 heavy (non-hydrogen) atoms. The second-order valence-electron chi connectivity index (χ2n) is 9.37. The molecule has 0 atom stereocenters. The molecule has 4 aromatic rings. The van der Waals surface area contributed by atoms with Gasteiger partial charge in [-0.2, -0.15) is 0 Å². The summed E-state index contributed by atoms with van der Waals surface area (Å²) < 4.78 is 39.3. The number of nitrogens with zero attached hydrogens (tertiary/aromatic N) is 2. The van der Waals surface area contributed by atoms with Gasteiger partial charge in [-0.3, -0.25) is 0 Å². The van der Waals surface area contributed by atoms with Gasteiger partial charge in [0.05, 0.1) is 9.79 Å². The van der Waals surface area contributed by atoms with Crippen LogP contribution in [0.4, 0.5) is 11.4 Å². The quantitative estimate of drug-likeness (QED) is 0.337. The molecule has 0 spiro atoms. The van der Waals surface area contributed by atoms with E-state index in [0.717, 1.165) is 33.6 Å². The number of benzene rings is 4. The summed E-state index contributed by atoms with van der Waals surface area (Å²) in [6.45, 7) is 1.68. The van der Waals surface area contributed by atoms with E-state index in [1.807, 2.05) is 58.3 Å². The van der Waals surface area contributed by atoms with Crippen molar-refractivity contribution in [2.75, 3.05) is 23.3 Å². The normalized spacial score (nSPS) is 14.2. The van der Waals surface area contributed by atoms with Crippen molar-refractivity contribution < 1.29 is 17.9 Å². The lowest BCUT2D eigenvalue weighted by molar-refractivity contribution is 0.289. The predicted octanol–water partition coefficient (Wildman–Crippen LogP) is 5.20. The van der Waals surface area contributed by atoms with E-state index in [9.17, 15) is 8.42 Å². The Labute approximate surface area is 228 Å². The predicted molar refractivity (Wildman–Crippen MR) is 150 cm³/mol. The Morgan fingerprint density at radius 1 is 0.641 bits per heavy atom. The molecule has 6 nitrogen and oxygen atoms in total. The topological polar surface area (TPSA) is 59.1 Å². The third-order valence-electron chi connectivity index (χ3n) is 6.91. The van der Waals surface area contributed by atoms with E-state index in [1.165, 1.54) is 0 Å². The summed E-state index contributed by atoms with van der Waals surface area (Å²) in [6, 6.07) is 25.3. The molecule has 0 N–H and O–H groups in total. The van der Waals surface area contributed by atoms with E-state index in [-0.39, 0.29) is 9.79 Å². The molecule has 0 unspecified atom stereocenters. The zero-order valence-electron chi connectivity index (χ0n) is 21.0. The second kappa shape index (κ2) is 9.79. The van der Waals surface area contributed by atoms with Gasteiger partial charge in [0.2, 0.25) is 9.84 Å². The summed E-state index contributed by atoms with van der Waals surface area (Å²) >= 11 is 0. The fraction of sp³-hybridized carbons (Fsp3) is 0.125. The molecule has 0 radical (unpaired) electrons. The number of hydrogen-bond donors (Lipinski definition) is 0. The van der Waals surface area contributed by atoms with Crippen LogP contribution in [-0.2, 0) is 22.9 Å². The zero-order valence-corrected chi connectivity index (χ0v) is 21.8. The molecule has 0 fully saturated rings. The minimum Gasteiger partial charge on any atom is -0.473 e. The van der Waals surface area contributed by atoms with Crippen LogP contribution in [0.15, 0.2) is 94.7 Å². The number of fused-ring (bicyclic) bond motifs is 2. The van der Waals surface area contributed by atoms with Crippen LogP contribution in [0.2, 0.25) is 0 Å². The highest BCUT2D eigenvalue weighted by molar-refractivity contribution is 7.91. The van der Waals surface area contributed by atoms with Gasteiger partial charge in [-0.05, 0) is 72.8 Å². The summed E-state index contributed by atoms with van der Waals surface area (Å²) in [5.41, 5.74) is 4.94. The molecule has 0 amide bonds. The van der Waals surface area contributed by atoms with Crippen molar-refractivity contribution in [3.63, 3.8) is 0 Å². The van der Waals surface area contributed by atoms with Gasteiger partial charge in [0.25, 0.3) is 0 Å². The number of rotatable bonds is 4. The van der Waals surface area contributed by atoms with Crippen molar-refractivity contribution >= 4 is 21.2 Å². The van der Waals surface area contributed by atoms with Crippen LogP contribution in [0.5, 0.6) is 11.5 Å². The second-order valence-corrected chi connectivity index (χ2v) is 11.3. The van der Waals surface area contributed by atoms with Crippen molar-refractivity contribution in [2.45, 2.75) is 22.9 Å². The lowest BCUT2D eigenvalue weighted by Crippen LogP contribution is -2.32. The largest absolute Gasteiger partial charge is 0.473 e. The van der Waals surface area contributed by atoms with E-state index in [2.05, 4.69) is 11.8 Å². The smallest absolute Gasteiger partial charge is 0.206 e. The molecular formula is C32H24N2O4S. The number of sulfone groups is 1. The maximum absolute atomic E-state index is 13.7. The highest BCUT2D eigenvalue weighted by Crippen LogP contribution is 2.35. The number of ether oxygens (including phenoxy) is 2. The highest BCUT2D eigenvalue weighted by atomic mass is 32.2. The van der Waals surface area contributed by atoms with Crippen molar-refractivity contribution in [2.24, 2.45) is 0 Å². The summed E-state index contributed by atoms with van der Waals surface area (Å²) in [4.78, 5) is 4.44. The molecule has 4 aromatic carbocycles. The lowest BCUT2D eigenvalue weighted by Gasteiger charge is -2.31. The van der Waals surface area contributed by atoms with Crippen molar-refractivity contribution in [1.29, 1.82) is 0 Å². The van der Waals surface area contributed by atoms with E-state index < -0.39 is 9.84 Å². The minimum absolute atomic E-state index is 0.208. The fourth-order valence-electron chi connectivity index (χ4n) is 4.82. The third-order valence-corrected chi connectivity index (χ3v) is 8.66. The summed E-state index contributed by atoms with van der Waals surface area (Å²) in [7, 11) is -3.79. The Morgan fingerprint density at radius 2 is 1.10 bits per heavy atom. The van der Waals surface area contributed by atoms with E-state index in [4.69, 9.17) is 22.3 Å². The molecule has 0 aliphatic carbocycles. The first-order valence-corrected chi connectivity index (χ1v) is 13.8. The molecule has 7 heteroatoms. The Kier molecular flexibility index (Phi) is 6.15. The summed E-state index contributed by atoms with van der Waals surface area (Å²) in [6.07, 6.45) is 11.1. The Morgan fingerprint density at radius 3 is 1.54 bits per heavy atom. The van der Waals surface area contributed by atoms with Gasteiger partial charge in [-0.25, -0.2) is 8.42 Å². The first-order valence-electron chi connectivity index (χ1n) is 12.3. The van der Waals surface area contributed by atoms with Crippen molar-refractivity contribution in [3.05, 3.63) is 107 Å². The molecule has 0 bridgehead atoms. The summed E-state index contributed by atoms with van der Waals surface area (Å²) in [5, 5.41) is 0. The highest BCUT2D eigenvalue weighted by Gasteiger charge is 2.26. The Hall–Kier alpha value is -4.85. The van der Waals surface area contributed by atoms with E-state index in [1.54, 1.807) is 36.4 Å². The van der Waals surface area contributed by atoms with Crippen LogP contribution in [0, 0.1) is 24.7 Å². The monoisotopic (exact) mass is 532 g/mol. The van der Waals surface area contributed by atoms with Crippen LogP contribution in [0.3, 0.4) is 0 Å². The average Bonchev–Trinajstić information content (AvgIpc) is 3.00. The number of terminal acetylenes is 2. The Bertz CT molecular complexity index is 1660. The molecule has 0 saturated heterocycles. The first kappa shape index (κ1) is 24.5. The number of hydrogen-bond acceptors (Lipinski definition) is 6. The maximum Gasteiger partial charge on any atom is 0.206 e. The minimum atomic E-state index is -3.79. The van der Waals surface area contributed by atoms with Crippen molar-refractivity contribution in [1.82, 2.24) is 0 Å². The first-order chi connectivity index (χ1) is 18.9. The molecule has 6 rings (SSSR count). The molecule has 0 saturated carbocycles. The molecule has 2 aliphatic heterocycles. The molecule has 2 aliphatic rings. The van der Waals surface area contributed by atoms with E-state index >= 15 is 0 Å². The van der Waals surface area contributed by atoms with Crippen LogP contribution in [0.25, 0.3) is 0 Å². The standard InChI is InChI=1S/C32H24N2O4S/c1-3-23-7-5-9-27(15-23)33-19-25-17-29(11-13-31(25)37-21-33)39(35,36)30-12-14-32-26(18-30)20-34(22-38-32)28-10-6-8-24(4-2)16-28/h1-2,5-18H,19-22H2. The van der Waals surface area contributed by atoms with Gasteiger partial charge in [0, 0.05) is 46.7 Å². The Balaban J connectivity index is 1.28. The average molecular weight is 533 g/mol. The van der Waals surface area contributed by atoms with Gasteiger partial charge in [0.1, 0.15) is 11.5 Å². The van der Waals surface area contributed by atoms with Crippen LogP contribution in [0.1, 0.15) is 22.3 Å². The lowest BCUT2D eigenvalue weighted by atomic mass is 10.1. The SMILES string of the molecule is C#Cc1cccc(N2COc3ccc(S(=O)(=O)c4ccc5c(c4)CN(c4cccc(C#C)c4)CO5)cc3C2)c1. The zero-order chi connectivity index (χ0) is 27.0. The number of anilines is 2. The molecule has 0 aromatic heterocycles. The van der Waals surface area contributed by atoms with Gasteiger partial charge in [-0.1, -0.05) is 24.0 Å². The fourth-order valence-corrected chi connectivity index (χ4v) is 6.19. The molecule has 2 heterocycles. The molecular weight excluding hydrogens is 508 g/mol. The third kappa shape index (κ3) is 4.65. The molecule has 192 valence electrons. The van der Waals surface area contributed by atoms with Gasteiger partial charge < -0.3 is 19.3 Å². The van der Waals surface area contributed by atoms with Crippen LogP contribution in [-0.4, -0.2) is 21.9 Å². The van der Waals surface area contributed by atoms with Gasteiger partial charge in [-0.15, -0.1) is 12.8 Å². The van der Waals surface area contributed by atoms with Crippen LogP contribution < -0.4 is 19.3 Å². The van der Waals surface area contributed by atoms with Crippen LogP contribution >= 0.6 is 0 Å². The van der Waals surface area contributed by atoms with Gasteiger partial charge >= 0.3 is 0 Å². The maximum atomic E-state index is 13.7. The summed E-state index contributed by atoms with van der Waals surface area (Å²) in [5.74, 6) is 6.63.